The van der Waals surface area contributed by atoms with E-state index in [1.165, 1.54) is 6.07 Å². The molecule has 0 unspecified atom stereocenters. The van der Waals surface area contributed by atoms with Gasteiger partial charge in [-0.2, -0.15) is 0 Å². The number of amides is 2. The highest BCUT2D eigenvalue weighted by Gasteiger charge is 2.33. The van der Waals surface area contributed by atoms with Gasteiger partial charge >= 0.3 is 0 Å². The molecule has 11 nitrogen and oxygen atoms in total. The van der Waals surface area contributed by atoms with Gasteiger partial charge in [0.25, 0.3) is 11.8 Å². The number of likely N-dealkylation sites (N-methyl/N-ethyl adjacent to an activating group) is 1. The van der Waals surface area contributed by atoms with Crippen LogP contribution in [-0.2, 0) is 16.6 Å². The van der Waals surface area contributed by atoms with Crippen LogP contribution in [0.5, 0.6) is 5.75 Å². The number of benzene rings is 3. The van der Waals surface area contributed by atoms with Crippen molar-refractivity contribution in [3.8, 4) is 5.75 Å². The molecule has 4 rings (SSSR count). The van der Waals surface area contributed by atoms with Crippen LogP contribution in [0.2, 0.25) is 0 Å². The minimum absolute atomic E-state index is 0.0844. The van der Waals surface area contributed by atoms with Crippen molar-refractivity contribution in [3.05, 3.63) is 83.4 Å². The van der Waals surface area contributed by atoms with Gasteiger partial charge in [-0.15, -0.1) is 0 Å². The monoisotopic (exact) mass is 609 g/mol. The Bertz CT molecular complexity index is 1560. The third-order valence-electron chi connectivity index (χ3n) is 7.34. The van der Waals surface area contributed by atoms with Gasteiger partial charge in [-0.05, 0) is 62.0 Å². The lowest BCUT2D eigenvalue weighted by Gasteiger charge is -2.38. The van der Waals surface area contributed by atoms with Crippen LogP contribution in [0.3, 0.4) is 0 Å². The van der Waals surface area contributed by atoms with Crippen LogP contribution >= 0.6 is 0 Å². The molecule has 0 spiro atoms. The Morgan fingerprint density at radius 1 is 1.16 bits per heavy atom. The second-order valence-corrected chi connectivity index (χ2v) is 12.9. The van der Waals surface area contributed by atoms with Gasteiger partial charge in [-0.1, -0.05) is 31.2 Å². The molecule has 0 radical (unpaired) electrons. The number of ether oxygens (including phenoxy) is 1. The number of carbonyl (C=O) groups is 2. The van der Waals surface area contributed by atoms with Gasteiger partial charge in [-0.25, -0.2) is 8.42 Å². The fourth-order valence-corrected chi connectivity index (χ4v) is 5.52. The number of para-hydroxylation sites is 2. The molecule has 3 aromatic rings. The standard InChI is InChI=1S/C31H39N5O6S/c1-20-16-36(21(2)19-37)31(39)25-15-24(34-43(4,40)41)13-14-28(25)42-29(20)18-35(3)17-22-9-11-23(12-10-22)30(38)33-27-8-6-5-7-26(27)32/h5-15,20-21,29,34,37H,16-19,32H2,1-4H3,(H,33,38)/t20-,21-,29-/m1/s1. The van der Waals surface area contributed by atoms with Crippen LogP contribution in [0.15, 0.2) is 66.7 Å². The number of nitrogens with zero attached hydrogens (tertiary/aromatic N) is 2. The van der Waals surface area contributed by atoms with E-state index in [4.69, 9.17) is 10.5 Å². The Balaban J connectivity index is 1.49. The largest absolute Gasteiger partial charge is 0.488 e. The highest BCUT2D eigenvalue weighted by Crippen LogP contribution is 2.31. The molecule has 3 atom stereocenters. The lowest BCUT2D eigenvalue weighted by atomic mass is 9.99. The number of nitrogen functional groups attached to an aromatic ring is 1. The number of anilines is 3. The van der Waals surface area contributed by atoms with E-state index in [0.29, 0.717) is 42.3 Å². The molecule has 1 aliphatic heterocycles. The predicted molar refractivity (Wildman–Crippen MR) is 168 cm³/mol. The highest BCUT2D eigenvalue weighted by atomic mass is 32.2. The first kappa shape index (κ1) is 31.8. The number of nitrogens with one attached hydrogen (secondary N) is 2. The van der Waals surface area contributed by atoms with Crippen molar-refractivity contribution in [3.63, 3.8) is 0 Å². The van der Waals surface area contributed by atoms with Crippen molar-refractivity contribution in [2.24, 2.45) is 5.92 Å². The minimum Gasteiger partial charge on any atom is -0.488 e. The van der Waals surface area contributed by atoms with E-state index in [-0.39, 0.29) is 41.7 Å². The fraction of sp³-hybridized carbons (Fsp3) is 0.355. The van der Waals surface area contributed by atoms with Crippen LogP contribution in [0.25, 0.3) is 0 Å². The molecule has 1 heterocycles. The molecule has 5 N–H and O–H groups in total. The highest BCUT2D eigenvalue weighted by molar-refractivity contribution is 7.92. The molecule has 0 aliphatic carbocycles. The van der Waals surface area contributed by atoms with Crippen molar-refractivity contribution in [2.45, 2.75) is 32.5 Å². The number of fused-ring (bicyclic) bond motifs is 1. The predicted octanol–water partition coefficient (Wildman–Crippen LogP) is 3.24. The second kappa shape index (κ2) is 13.4. The van der Waals surface area contributed by atoms with Gasteiger partial charge < -0.3 is 25.8 Å². The number of aliphatic hydroxyl groups is 1. The summed E-state index contributed by atoms with van der Waals surface area (Å²) in [6, 6.07) is 18.6. The van der Waals surface area contributed by atoms with E-state index in [0.717, 1.165) is 11.8 Å². The van der Waals surface area contributed by atoms with Crippen LogP contribution in [0.1, 0.15) is 40.1 Å². The summed E-state index contributed by atoms with van der Waals surface area (Å²) >= 11 is 0. The van der Waals surface area contributed by atoms with Crippen LogP contribution in [-0.4, -0.2) is 80.3 Å². The quantitative estimate of drug-likeness (QED) is 0.256. The molecule has 12 heteroatoms. The Morgan fingerprint density at radius 3 is 2.51 bits per heavy atom. The first-order valence-corrected chi connectivity index (χ1v) is 15.9. The van der Waals surface area contributed by atoms with E-state index in [2.05, 4.69) is 14.9 Å². The number of carbonyl (C=O) groups excluding carboxylic acids is 2. The topological polar surface area (TPSA) is 154 Å². The average Bonchev–Trinajstić information content (AvgIpc) is 2.95. The molecular formula is C31H39N5O6S. The first-order valence-electron chi connectivity index (χ1n) is 14.0. The third kappa shape index (κ3) is 8.25. The summed E-state index contributed by atoms with van der Waals surface area (Å²) in [5, 5.41) is 12.7. The smallest absolute Gasteiger partial charge is 0.258 e. The van der Waals surface area contributed by atoms with Crippen molar-refractivity contribution in [2.75, 3.05) is 48.8 Å². The number of rotatable bonds is 10. The normalized spacial score (nSPS) is 17.8. The zero-order valence-corrected chi connectivity index (χ0v) is 25.6. The molecule has 2 amide bonds. The average molecular weight is 610 g/mol. The maximum absolute atomic E-state index is 13.5. The molecule has 0 saturated heterocycles. The molecule has 3 aromatic carbocycles. The molecule has 0 fully saturated rings. The Labute approximate surface area is 252 Å². The molecule has 1 aliphatic rings. The van der Waals surface area contributed by atoms with E-state index in [1.54, 1.807) is 60.4 Å². The molecule has 0 bridgehead atoms. The summed E-state index contributed by atoms with van der Waals surface area (Å²) in [5.74, 6) is -0.330. The van der Waals surface area contributed by atoms with E-state index >= 15 is 0 Å². The summed E-state index contributed by atoms with van der Waals surface area (Å²) in [5.41, 5.74) is 8.97. The number of sulfonamides is 1. The first-order chi connectivity index (χ1) is 20.3. The summed E-state index contributed by atoms with van der Waals surface area (Å²) in [6.45, 7) is 5.01. The molecule has 0 aromatic heterocycles. The Morgan fingerprint density at radius 2 is 1.86 bits per heavy atom. The summed E-state index contributed by atoms with van der Waals surface area (Å²) < 4.78 is 32.4. The van der Waals surface area contributed by atoms with Crippen LogP contribution in [0.4, 0.5) is 17.1 Å². The molecule has 230 valence electrons. The molecule has 43 heavy (non-hydrogen) atoms. The number of aliphatic hydroxyl groups excluding tert-OH is 1. The van der Waals surface area contributed by atoms with Crippen LogP contribution in [0, 0.1) is 5.92 Å². The lowest BCUT2D eigenvalue weighted by Crippen LogP contribution is -2.49. The van der Waals surface area contributed by atoms with E-state index < -0.39 is 16.1 Å². The minimum atomic E-state index is -3.55. The fourth-order valence-electron chi connectivity index (χ4n) is 4.97. The Hall–Kier alpha value is -4.13. The zero-order valence-electron chi connectivity index (χ0n) is 24.8. The summed E-state index contributed by atoms with van der Waals surface area (Å²) in [4.78, 5) is 29.9. The maximum atomic E-state index is 13.5. The van der Waals surface area contributed by atoms with E-state index in [1.807, 2.05) is 26.1 Å². The third-order valence-corrected chi connectivity index (χ3v) is 7.94. The number of hydrogen-bond acceptors (Lipinski definition) is 8. The maximum Gasteiger partial charge on any atom is 0.258 e. The molecular weight excluding hydrogens is 570 g/mol. The summed E-state index contributed by atoms with van der Waals surface area (Å²) in [7, 11) is -1.59. The van der Waals surface area contributed by atoms with Crippen molar-refractivity contribution in [1.82, 2.24) is 9.80 Å². The second-order valence-electron chi connectivity index (χ2n) is 11.1. The Kier molecular flexibility index (Phi) is 9.95. The number of nitrogens with two attached hydrogens (primary N) is 1. The van der Waals surface area contributed by atoms with Crippen molar-refractivity contribution in [1.29, 1.82) is 0 Å². The van der Waals surface area contributed by atoms with Gasteiger partial charge in [0.1, 0.15) is 11.9 Å². The molecule has 0 saturated carbocycles. The number of hydrogen-bond donors (Lipinski definition) is 4. The van der Waals surface area contributed by atoms with Gasteiger partial charge in [-0.3, -0.25) is 19.2 Å². The summed E-state index contributed by atoms with van der Waals surface area (Å²) in [6.07, 6.45) is 0.722. The van der Waals surface area contributed by atoms with Crippen LogP contribution < -0.4 is 20.5 Å². The van der Waals surface area contributed by atoms with Gasteiger partial charge in [0.2, 0.25) is 10.0 Å². The van der Waals surface area contributed by atoms with Gasteiger partial charge in [0.15, 0.2) is 0 Å². The van der Waals surface area contributed by atoms with Crippen molar-refractivity contribution >= 4 is 38.9 Å². The SMILES string of the molecule is C[C@@H]1CN([C@H](C)CO)C(=O)c2cc(NS(C)(=O)=O)ccc2O[C@@H]1CN(C)Cc1ccc(C(=O)Nc2ccccc2N)cc1. The zero-order chi connectivity index (χ0) is 31.3. The van der Waals surface area contributed by atoms with Gasteiger partial charge in [0, 0.05) is 36.8 Å². The van der Waals surface area contributed by atoms with Crippen molar-refractivity contribution < 1.29 is 27.9 Å². The lowest BCUT2D eigenvalue weighted by molar-refractivity contribution is 0.0341. The van der Waals surface area contributed by atoms with E-state index in [9.17, 15) is 23.1 Å². The van der Waals surface area contributed by atoms with Gasteiger partial charge in [0.05, 0.1) is 35.8 Å².